The Morgan fingerprint density at radius 1 is 0.974 bits per heavy atom. The number of fused-ring (bicyclic) bond motifs is 3. The third-order valence-corrected chi connectivity index (χ3v) is 7.84. The van der Waals surface area contributed by atoms with Crippen LogP contribution in [0.5, 0.6) is 23.0 Å². The van der Waals surface area contributed by atoms with E-state index in [0.717, 1.165) is 17.5 Å². The minimum atomic E-state index is -2.04. The number of methoxy groups -OCH3 is 3. The lowest BCUT2D eigenvalue weighted by molar-refractivity contribution is -0.150. The number of urea groups is 1. The number of nitrogens with one attached hydrogen (secondary N) is 2. The van der Waals surface area contributed by atoms with Crippen molar-refractivity contribution in [2.75, 3.05) is 27.6 Å². The number of aliphatic hydroxyl groups excluding tert-OH is 1. The van der Waals surface area contributed by atoms with Gasteiger partial charge in [0.15, 0.2) is 11.2 Å². The summed E-state index contributed by atoms with van der Waals surface area (Å²) in [5.74, 6) is 0.956. The van der Waals surface area contributed by atoms with Crippen LogP contribution in [0.15, 0.2) is 66.7 Å². The number of carbonyl (C=O) groups is 1. The molecule has 5 rings (SSSR count). The molecule has 0 radical (unpaired) electrons. The minimum Gasteiger partial charge on any atom is -0.497 e. The molecular weight excluding hydrogens is 508 g/mol. The van der Waals surface area contributed by atoms with Crippen molar-refractivity contribution in [1.82, 2.24) is 10.0 Å². The summed E-state index contributed by atoms with van der Waals surface area (Å²) in [6.45, 7) is 0. The smallest absolute Gasteiger partial charge is 0.325 e. The molecule has 9 nitrogen and oxygen atoms in total. The zero-order valence-corrected chi connectivity index (χ0v) is 22.2. The summed E-state index contributed by atoms with van der Waals surface area (Å²) in [4.78, 5) is 12.8. The summed E-state index contributed by atoms with van der Waals surface area (Å²) in [5, 5.41) is 27.7. The zero-order chi connectivity index (χ0) is 27.1. The normalized spacial score (nSPS) is 27.1. The average Bonchev–Trinajstić information content (AvgIpc) is 3.31. The molecule has 3 aromatic carbocycles. The molecule has 38 heavy (non-hydrogen) atoms. The van der Waals surface area contributed by atoms with Crippen LogP contribution in [-0.4, -0.2) is 56.0 Å². The summed E-state index contributed by atoms with van der Waals surface area (Å²) >= 11 is 1.12. The van der Waals surface area contributed by atoms with Crippen LogP contribution in [0.1, 0.15) is 22.6 Å². The van der Waals surface area contributed by atoms with Crippen molar-refractivity contribution in [1.29, 1.82) is 0 Å². The molecule has 3 aromatic rings. The van der Waals surface area contributed by atoms with Crippen LogP contribution in [0.4, 0.5) is 4.79 Å². The average molecular weight is 539 g/mol. The standard InChI is InChI=1S/C28H30N2O7S/c1-34-18-12-10-17(11-13-18)28-22(16-8-6-5-7-9-16)24(29-26(32)30-38-4)25(31)27(28,33)23-20(36-3)14-19(35-2)15-21(23)37-28/h5-15,22,24-25,31,33H,1-4H3,(H2,29,30,32)/t22-,24-,25-,27+,28+/m1/s1. The van der Waals surface area contributed by atoms with E-state index >= 15 is 0 Å². The van der Waals surface area contributed by atoms with Gasteiger partial charge in [0.25, 0.3) is 0 Å². The van der Waals surface area contributed by atoms with Crippen molar-refractivity contribution in [3.05, 3.63) is 83.4 Å². The fourth-order valence-electron chi connectivity index (χ4n) is 5.94. The third-order valence-electron chi connectivity index (χ3n) is 7.45. The van der Waals surface area contributed by atoms with E-state index in [-0.39, 0.29) is 11.3 Å². The fraction of sp³-hybridized carbons (Fsp3) is 0.321. The number of hydrogen-bond acceptors (Lipinski definition) is 8. The molecule has 10 heteroatoms. The first-order valence-corrected chi connectivity index (χ1v) is 13.2. The van der Waals surface area contributed by atoms with Gasteiger partial charge in [0.2, 0.25) is 0 Å². The lowest BCUT2D eigenvalue weighted by atomic mass is 9.71. The Hall–Kier alpha value is -3.60. The minimum absolute atomic E-state index is 0.277. The monoisotopic (exact) mass is 538 g/mol. The molecule has 0 aromatic heterocycles. The molecule has 0 saturated heterocycles. The number of amides is 2. The number of hydrogen-bond donors (Lipinski definition) is 4. The van der Waals surface area contributed by atoms with Gasteiger partial charge in [0, 0.05) is 18.4 Å². The van der Waals surface area contributed by atoms with Gasteiger partial charge in [-0.2, -0.15) is 0 Å². The zero-order valence-electron chi connectivity index (χ0n) is 21.4. The molecule has 1 aliphatic heterocycles. The molecule has 2 aliphatic rings. The van der Waals surface area contributed by atoms with Crippen molar-refractivity contribution < 1.29 is 34.0 Å². The van der Waals surface area contributed by atoms with Crippen LogP contribution in [0.25, 0.3) is 0 Å². The van der Waals surface area contributed by atoms with Crippen molar-refractivity contribution >= 4 is 18.0 Å². The summed E-state index contributed by atoms with van der Waals surface area (Å²) in [5.41, 5.74) is -1.99. The molecule has 0 spiro atoms. The first-order valence-electron chi connectivity index (χ1n) is 12.0. The second-order valence-electron chi connectivity index (χ2n) is 9.17. The predicted octanol–water partition coefficient (Wildman–Crippen LogP) is 3.29. The van der Waals surface area contributed by atoms with Crippen LogP contribution < -0.4 is 29.0 Å². The summed E-state index contributed by atoms with van der Waals surface area (Å²) < 4.78 is 25.9. The summed E-state index contributed by atoms with van der Waals surface area (Å²) in [6.07, 6.45) is 0.226. The predicted molar refractivity (Wildman–Crippen MR) is 143 cm³/mol. The van der Waals surface area contributed by atoms with Gasteiger partial charge in [-0.1, -0.05) is 54.4 Å². The van der Waals surface area contributed by atoms with Crippen LogP contribution >= 0.6 is 11.9 Å². The second kappa shape index (κ2) is 9.94. The highest BCUT2D eigenvalue weighted by atomic mass is 32.2. The highest BCUT2D eigenvalue weighted by molar-refractivity contribution is 7.97. The number of aliphatic hydroxyl groups is 2. The number of benzene rings is 3. The van der Waals surface area contributed by atoms with Gasteiger partial charge in [0.1, 0.15) is 29.1 Å². The highest BCUT2D eigenvalue weighted by Gasteiger charge is 2.77. The van der Waals surface area contributed by atoms with Crippen LogP contribution in [0.3, 0.4) is 0 Å². The van der Waals surface area contributed by atoms with E-state index in [1.54, 1.807) is 49.8 Å². The third kappa shape index (κ3) is 3.66. The van der Waals surface area contributed by atoms with E-state index in [1.807, 2.05) is 30.3 Å². The first kappa shape index (κ1) is 26.0. The Morgan fingerprint density at radius 3 is 2.26 bits per heavy atom. The number of rotatable bonds is 7. The molecule has 1 heterocycles. The van der Waals surface area contributed by atoms with Gasteiger partial charge in [-0.3, -0.25) is 4.72 Å². The maximum Gasteiger partial charge on any atom is 0.325 e. The molecule has 0 unspecified atom stereocenters. The van der Waals surface area contributed by atoms with Gasteiger partial charge >= 0.3 is 6.03 Å². The Kier molecular flexibility index (Phi) is 6.81. The van der Waals surface area contributed by atoms with Gasteiger partial charge in [-0.15, -0.1) is 0 Å². The van der Waals surface area contributed by atoms with E-state index in [2.05, 4.69) is 10.0 Å². The van der Waals surface area contributed by atoms with Gasteiger partial charge < -0.3 is 34.5 Å². The number of ether oxygens (including phenoxy) is 4. The fourth-order valence-corrected chi connectivity index (χ4v) is 6.18. The molecule has 1 aliphatic carbocycles. The SMILES string of the molecule is COc1ccc([C@@]23Oc4cc(OC)cc(OC)c4[C@]2(O)[C@H](O)[C@H](NC(=O)NSC)[C@H]3c2ccccc2)cc1. The Labute approximate surface area is 225 Å². The van der Waals surface area contributed by atoms with E-state index in [1.165, 1.54) is 14.2 Å². The lowest BCUT2D eigenvalue weighted by Crippen LogP contribution is -2.52. The molecule has 5 atom stereocenters. The molecule has 200 valence electrons. The molecule has 4 N–H and O–H groups in total. The maximum absolute atomic E-state index is 12.8. The van der Waals surface area contributed by atoms with Crippen molar-refractivity contribution in [2.24, 2.45) is 0 Å². The van der Waals surface area contributed by atoms with Crippen LogP contribution in [0.2, 0.25) is 0 Å². The van der Waals surface area contributed by atoms with Gasteiger partial charge in [0.05, 0.1) is 38.9 Å². The molecule has 2 amide bonds. The maximum atomic E-state index is 12.8. The Balaban J connectivity index is 1.83. The van der Waals surface area contributed by atoms with E-state index in [0.29, 0.717) is 22.8 Å². The highest BCUT2D eigenvalue weighted by Crippen LogP contribution is 2.68. The van der Waals surface area contributed by atoms with E-state index in [9.17, 15) is 15.0 Å². The Morgan fingerprint density at radius 2 is 1.66 bits per heavy atom. The van der Waals surface area contributed by atoms with Crippen molar-refractivity contribution in [3.8, 4) is 23.0 Å². The molecule has 1 fully saturated rings. The molecular formula is C28H30N2O7S. The van der Waals surface area contributed by atoms with E-state index in [4.69, 9.17) is 18.9 Å². The van der Waals surface area contributed by atoms with Gasteiger partial charge in [-0.05, 0) is 23.3 Å². The summed E-state index contributed by atoms with van der Waals surface area (Å²) in [6, 6.07) is 18.4. The van der Waals surface area contributed by atoms with Crippen LogP contribution in [-0.2, 0) is 11.2 Å². The largest absolute Gasteiger partial charge is 0.497 e. The van der Waals surface area contributed by atoms with Crippen molar-refractivity contribution in [3.63, 3.8) is 0 Å². The molecule has 0 bridgehead atoms. The summed E-state index contributed by atoms with van der Waals surface area (Å²) in [7, 11) is 4.57. The lowest BCUT2D eigenvalue weighted by Gasteiger charge is -2.40. The quantitative estimate of drug-likeness (QED) is 0.339. The van der Waals surface area contributed by atoms with Crippen LogP contribution in [0, 0.1) is 0 Å². The van der Waals surface area contributed by atoms with E-state index < -0.39 is 35.3 Å². The topological polar surface area (TPSA) is 119 Å². The van der Waals surface area contributed by atoms with Gasteiger partial charge in [-0.25, -0.2) is 4.79 Å². The molecule has 1 saturated carbocycles. The second-order valence-corrected chi connectivity index (χ2v) is 9.79. The van der Waals surface area contributed by atoms with Crippen molar-refractivity contribution in [2.45, 2.75) is 29.3 Å². The first-order chi connectivity index (χ1) is 18.3. The Bertz CT molecular complexity index is 1320. The number of carbonyl (C=O) groups excluding carboxylic acids is 1.